The highest BCUT2D eigenvalue weighted by Gasteiger charge is 2.15. The summed E-state index contributed by atoms with van der Waals surface area (Å²) in [4.78, 5) is 12.4. The molecular formula is C21H30O. The van der Waals surface area contributed by atoms with Crippen molar-refractivity contribution in [1.82, 2.24) is 0 Å². The standard InChI is InChI=1S/C21H30O/c22-21-18-11-6-4-2-1-3-5-10-16-20(21)17-12-15-19-13-8-7-9-14-19/h7-9,12-14,17,20H,1-6,10-11,15-16,18H2/b17-12+. The third-order valence-electron chi connectivity index (χ3n) is 4.67. The molecule has 0 radical (unpaired) electrons. The van der Waals surface area contributed by atoms with E-state index in [2.05, 4.69) is 36.4 Å². The highest BCUT2D eigenvalue weighted by molar-refractivity contribution is 5.82. The molecule has 0 N–H and O–H groups in total. The maximum atomic E-state index is 12.4. The number of benzene rings is 1. The minimum atomic E-state index is 0.156. The molecule has 0 amide bonds. The third-order valence-corrected chi connectivity index (χ3v) is 4.67. The molecule has 120 valence electrons. The Morgan fingerprint density at radius 3 is 2.23 bits per heavy atom. The van der Waals surface area contributed by atoms with E-state index in [4.69, 9.17) is 0 Å². The lowest BCUT2D eigenvalue weighted by Crippen LogP contribution is -2.12. The van der Waals surface area contributed by atoms with Crippen molar-refractivity contribution in [3.8, 4) is 0 Å². The molecule has 1 atom stereocenters. The van der Waals surface area contributed by atoms with Gasteiger partial charge in [0.15, 0.2) is 0 Å². The van der Waals surface area contributed by atoms with E-state index in [9.17, 15) is 4.79 Å². The van der Waals surface area contributed by atoms with Crippen LogP contribution in [0.1, 0.15) is 69.8 Å². The van der Waals surface area contributed by atoms with Crippen LogP contribution in [0, 0.1) is 5.92 Å². The van der Waals surface area contributed by atoms with Crippen molar-refractivity contribution in [1.29, 1.82) is 0 Å². The molecule has 1 unspecified atom stereocenters. The fourth-order valence-corrected chi connectivity index (χ4v) is 3.26. The molecule has 1 aliphatic rings. The van der Waals surface area contributed by atoms with Crippen molar-refractivity contribution >= 4 is 5.78 Å². The number of hydrogen-bond acceptors (Lipinski definition) is 1. The molecule has 1 aliphatic carbocycles. The molecule has 0 bridgehead atoms. The zero-order valence-corrected chi connectivity index (χ0v) is 13.8. The Bertz CT molecular complexity index is 446. The zero-order valence-electron chi connectivity index (χ0n) is 13.8. The van der Waals surface area contributed by atoms with Crippen LogP contribution < -0.4 is 0 Å². The maximum Gasteiger partial charge on any atom is 0.139 e. The van der Waals surface area contributed by atoms with E-state index >= 15 is 0 Å². The lowest BCUT2D eigenvalue weighted by atomic mass is 9.91. The van der Waals surface area contributed by atoms with Crippen LogP contribution in [-0.4, -0.2) is 5.78 Å². The predicted molar refractivity (Wildman–Crippen MR) is 94.0 cm³/mol. The van der Waals surface area contributed by atoms with Gasteiger partial charge in [-0.2, -0.15) is 0 Å². The molecule has 1 saturated carbocycles. The molecule has 0 aliphatic heterocycles. The molecule has 0 saturated heterocycles. The topological polar surface area (TPSA) is 17.1 Å². The van der Waals surface area contributed by atoms with E-state index in [1.165, 1.54) is 50.5 Å². The van der Waals surface area contributed by atoms with E-state index < -0.39 is 0 Å². The van der Waals surface area contributed by atoms with Gasteiger partial charge in [-0.05, 0) is 24.8 Å². The van der Waals surface area contributed by atoms with Crippen molar-refractivity contribution in [3.63, 3.8) is 0 Å². The summed E-state index contributed by atoms with van der Waals surface area (Å²) in [7, 11) is 0. The Morgan fingerprint density at radius 2 is 1.50 bits per heavy atom. The first-order chi connectivity index (χ1) is 10.9. The molecule has 1 aromatic carbocycles. The van der Waals surface area contributed by atoms with Gasteiger partial charge in [-0.15, -0.1) is 0 Å². The van der Waals surface area contributed by atoms with Gasteiger partial charge in [0, 0.05) is 12.3 Å². The average Bonchev–Trinajstić information content (AvgIpc) is 2.54. The van der Waals surface area contributed by atoms with Gasteiger partial charge in [-0.25, -0.2) is 0 Å². The Balaban J connectivity index is 1.87. The van der Waals surface area contributed by atoms with Crippen LogP contribution in [0.5, 0.6) is 0 Å². The minimum Gasteiger partial charge on any atom is -0.299 e. The van der Waals surface area contributed by atoms with Crippen LogP contribution in [0.2, 0.25) is 0 Å². The highest BCUT2D eigenvalue weighted by atomic mass is 16.1. The summed E-state index contributed by atoms with van der Waals surface area (Å²) in [6.45, 7) is 0. The maximum absolute atomic E-state index is 12.4. The van der Waals surface area contributed by atoms with Crippen LogP contribution >= 0.6 is 0 Å². The number of allylic oxidation sites excluding steroid dienone is 2. The number of carbonyl (C=O) groups excluding carboxylic acids is 1. The van der Waals surface area contributed by atoms with Gasteiger partial charge in [0.05, 0.1) is 0 Å². The predicted octanol–water partition coefficient (Wildman–Crippen LogP) is 5.89. The fraction of sp³-hybridized carbons (Fsp3) is 0.571. The molecule has 0 heterocycles. The largest absolute Gasteiger partial charge is 0.299 e. The monoisotopic (exact) mass is 298 g/mol. The van der Waals surface area contributed by atoms with Crippen molar-refractivity contribution in [2.45, 2.75) is 70.6 Å². The van der Waals surface area contributed by atoms with Gasteiger partial charge in [0.2, 0.25) is 0 Å². The van der Waals surface area contributed by atoms with Gasteiger partial charge >= 0.3 is 0 Å². The highest BCUT2D eigenvalue weighted by Crippen LogP contribution is 2.20. The summed E-state index contributed by atoms with van der Waals surface area (Å²) in [6, 6.07) is 10.5. The van der Waals surface area contributed by atoms with Gasteiger partial charge in [0.25, 0.3) is 0 Å². The Hall–Kier alpha value is -1.37. The van der Waals surface area contributed by atoms with Crippen molar-refractivity contribution < 1.29 is 4.79 Å². The molecule has 1 fully saturated rings. The number of carbonyl (C=O) groups is 1. The summed E-state index contributed by atoms with van der Waals surface area (Å²) in [5.41, 5.74) is 1.32. The molecular weight excluding hydrogens is 268 g/mol. The molecule has 2 rings (SSSR count). The first-order valence-electron chi connectivity index (χ1n) is 9.09. The van der Waals surface area contributed by atoms with Crippen LogP contribution in [0.3, 0.4) is 0 Å². The minimum absolute atomic E-state index is 0.156. The molecule has 0 aromatic heterocycles. The third kappa shape index (κ3) is 6.60. The van der Waals surface area contributed by atoms with Crippen LogP contribution in [0.4, 0.5) is 0 Å². The molecule has 0 spiro atoms. The van der Waals surface area contributed by atoms with Crippen LogP contribution in [0.25, 0.3) is 0 Å². The van der Waals surface area contributed by atoms with Crippen LogP contribution in [0.15, 0.2) is 42.5 Å². The Labute approximate surface area is 135 Å². The van der Waals surface area contributed by atoms with E-state index in [-0.39, 0.29) is 5.92 Å². The summed E-state index contributed by atoms with van der Waals surface area (Å²) in [5, 5.41) is 0. The Morgan fingerprint density at radius 1 is 0.864 bits per heavy atom. The van der Waals surface area contributed by atoms with E-state index in [1.54, 1.807) is 0 Å². The molecule has 22 heavy (non-hydrogen) atoms. The average molecular weight is 298 g/mol. The fourth-order valence-electron chi connectivity index (χ4n) is 3.26. The summed E-state index contributed by atoms with van der Waals surface area (Å²) < 4.78 is 0. The summed E-state index contributed by atoms with van der Waals surface area (Å²) in [6.07, 6.45) is 17.3. The lowest BCUT2D eigenvalue weighted by molar-refractivity contribution is -0.121. The van der Waals surface area contributed by atoms with Gasteiger partial charge in [-0.3, -0.25) is 4.79 Å². The van der Waals surface area contributed by atoms with Gasteiger partial charge in [0.1, 0.15) is 5.78 Å². The lowest BCUT2D eigenvalue weighted by Gasteiger charge is -2.13. The van der Waals surface area contributed by atoms with E-state index in [0.717, 1.165) is 25.7 Å². The second-order valence-electron chi connectivity index (χ2n) is 6.56. The van der Waals surface area contributed by atoms with Gasteiger partial charge in [-0.1, -0.05) is 87.4 Å². The first-order valence-corrected chi connectivity index (χ1v) is 9.09. The number of ketones is 1. The van der Waals surface area contributed by atoms with Gasteiger partial charge < -0.3 is 0 Å². The zero-order chi connectivity index (χ0) is 15.5. The smallest absolute Gasteiger partial charge is 0.139 e. The quantitative estimate of drug-likeness (QED) is 0.636. The molecule has 1 heteroatoms. The Kier molecular flexibility index (Phi) is 8.01. The number of Topliss-reactive ketones (excluding diaryl/α,β-unsaturated/α-hetero) is 1. The second-order valence-corrected chi connectivity index (χ2v) is 6.56. The number of hydrogen-bond donors (Lipinski definition) is 0. The summed E-state index contributed by atoms with van der Waals surface area (Å²) >= 11 is 0. The van der Waals surface area contributed by atoms with E-state index in [1.807, 2.05) is 6.07 Å². The second kappa shape index (κ2) is 10.4. The normalized spacial score (nSPS) is 22.2. The first kappa shape index (κ1) is 17.0. The van der Waals surface area contributed by atoms with E-state index in [0.29, 0.717) is 5.78 Å². The van der Waals surface area contributed by atoms with Crippen LogP contribution in [-0.2, 0) is 11.2 Å². The molecule has 1 nitrogen and oxygen atoms in total. The summed E-state index contributed by atoms with van der Waals surface area (Å²) in [5.74, 6) is 0.619. The van der Waals surface area contributed by atoms with Crippen molar-refractivity contribution in [2.24, 2.45) is 5.92 Å². The van der Waals surface area contributed by atoms with Crippen molar-refractivity contribution in [3.05, 3.63) is 48.0 Å². The number of rotatable bonds is 3. The van der Waals surface area contributed by atoms with Crippen molar-refractivity contribution in [2.75, 3.05) is 0 Å². The SMILES string of the molecule is O=C1CCCCCCCCCCC1/C=C/Cc1ccccc1. The molecule has 1 aromatic rings.